The minimum absolute atomic E-state index is 0.0433. The van der Waals surface area contributed by atoms with Gasteiger partial charge in [-0.05, 0) is 36.7 Å². The van der Waals surface area contributed by atoms with Gasteiger partial charge >= 0.3 is 11.9 Å². The van der Waals surface area contributed by atoms with E-state index in [4.69, 9.17) is 9.47 Å². The number of fused-ring (bicyclic) bond motifs is 3. The van der Waals surface area contributed by atoms with E-state index in [1.165, 1.54) is 5.56 Å². The van der Waals surface area contributed by atoms with Crippen molar-refractivity contribution in [1.29, 1.82) is 0 Å². The van der Waals surface area contributed by atoms with Crippen LogP contribution < -0.4 is 0 Å². The standard InChI is InChI=1S/C24H30O4/c1-21(2,3)16-8-10-17(11-9-16)24-18(22(19(25)28-24)12-4-5-13-22)27-20(26)23(24)14-6-7-15-23/h8-11,18H,4-7,12-15H2,1-3H3/t18-,24-/m0/s1. The summed E-state index contributed by atoms with van der Waals surface area (Å²) in [5.41, 5.74) is -0.113. The lowest BCUT2D eigenvalue weighted by molar-refractivity contribution is -0.169. The highest BCUT2D eigenvalue weighted by molar-refractivity contribution is 5.90. The topological polar surface area (TPSA) is 52.6 Å². The zero-order chi connectivity index (χ0) is 19.8. The number of rotatable bonds is 1. The smallest absolute Gasteiger partial charge is 0.317 e. The summed E-state index contributed by atoms with van der Waals surface area (Å²) in [7, 11) is 0. The van der Waals surface area contributed by atoms with Gasteiger partial charge in [-0.15, -0.1) is 0 Å². The van der Waals surface area contributed by atoms with Gasteiger partial charge in [-0.25, -0.2) is 0 Å². The molecule has 150 valence electrons. The molecule has 0 radical (unpaired) electrons. The highest BCUT2D eigenvalue weighted by atomic mass is 16.6. The fourth-order valence-corrected chi connectivity index (χ4v) is 6.44. The van der Waals surface area contributed by atoms with E-state index in [1.807, 2.05) is 0 Å². The molecule has 4 nitrogen and oxygen atoms in total. The molecular weight excluding hydrogens is 352 g/mol. The van der Waals surface area contributed by atoms with Crippen molar-refractivity contribution in [3.8, 4) is 0 Å². The number of carbonyl (C=O) groups excluding carboxylic acids is 2. The van der Waals surface area contributed by atoms with Crippen molar-refractivity contribution in [3.63, 3.8) is 0 Å². The van der Waals surface area contributed by atoms with E-state index in [1.54, 1.807) is 0 Å². The van der Waals surface area contributed by atoms with E-state index in [2.05, 4.69) is 45.0 Å². The van der Waals surface area contributed by atoms with Gasteiger partial charge < -0.3 is 9.47 Å². The maximum absolute atomic E-state index is 13.2. The van der Waals surface area contributed by atoms with E-state index in [-0.39, 0.29) is 17.4 Å². The first kappa shape index (κ1) is 18.2. The Labute approximate surface area is 167 Å². The maximum atomic E-state index is 13.2. The SMILES string of the molecule is CC(C)(C)c1ccc([C@]23OC(=O)C4(CCCC4)[C@@H]2OC(=O)C32CCCC2)cc1. The molecule has 2 spiro atoms. The molecule has 5 rings (SSSR count). The maximum Gasteiger partial charge on any atom is 0.317 e. The lowest BCUT2D eigenvalue weighted by Gasteiger charge is -2.39. The molecule has 1 aromatic carbocycles. The van der Waals surface area contributed by atoms with Crippen LogP contribution in [0.5, 0.6) is 0 Å². The largest absolute Gasteiger partial charge is 0.456 e. The lowest BCUT2D eigenvalue weighted by Crippen LogP contribution is -2.49. The first-order valence-electron chi connectivity index (χ1n) is 10.8. The van der Waals surface area contributed by atoms with Gasteiger partial charge in [0.2, 0.25) is 0 Å². The van der Waals surface area contributed by atoms with Crippen LogP contribution in [-0.2, 0) is 30.1 Å². The minimum atomic E-state index is -0.960. The van der Waals surface area contributed by atoms with E-state index in [9.17, 15) is 9.59 Å². The molecule has 0 bridgehead atoms. The number of benzene rings is 1. The van der Waals surface area contributed by atoms with Crippen LogP contribution in [0.25, 0.3) is 0 Å². The second-order valence-corrected chi connectivity index (χ2v) is 10.4. The predicted molar refractivity (Wildman–Crippen MR) is 105 cm³/mol. The Morgan fingerprint density at radius 2 is 1.43 bits per heavy atom. The van der Waals surface area contributed by atoms with Crippen LogP contribution in [-0.4, -0.2) is 18.0 Å². The summed E-state index contributed by atoms with van der Waals surface area (Å²) in [5, 5.41) is 0. The van der Waals surface area contributed by atoms with Crippen molar-refractivity contribution in [2.45, 2.75) is 89.3 Å². The highest BCUT2D eigenvalue weighted by Crippen LogP contribution is 2.69. The second kappa shape index (κ2) is 5.61. The molecule has 2 aliphatic heterocycles. The number of hydrogen-bond donors (Lipinski definition) is 0. The number of hydrogen-bond acceptors (Lipinski definition) is 4. The molecule has 2 heterocycles. The molecule has 2 aliphatic carbocycles. The number of esters is 2. The normalized spacial score (nSPS) is 32.8. The Morgan fingerprint density at radius 1 is 0.857 bits per heavy atom. The van der Waals surface area contributed by atoms with Gasteiger partial charge in [-0.1, -0.05) is 70.7 Å². The molecule has 0 N–H and O–H groups in total. The van der Waals surface area contributed by atoms with Crippen LogP contribution in [0.2, 0.25) is 0 Å². The van der Waals surface area contributed by atoms with Crippen molar-refractivity contribution in [1.82, 2.24) is 0 Å². The molecule has 1 aromatic rings. The summed E-state index contributed by atoms with van der Waals surface area (Å²) in [4.78, 5) is 26.5. The van der Waals surface area contributed by atoms with Crippen LogP contribution in [0.1, 0.15) is 83.3 Å². The monoisotopic (exact) mass is 382 g/mol. The Bertz CT molecular complexity index is 817. The fourth-order valence-electron chi connectivity index (χ4n) is 6.44. The van der Waals surface area contributed by atoms with Gasteiger partial charge in [0.1, 0.15) is 10.8 Å². The van der Waals surface area contributed by atoms with Crippen molar-refractivity contribution in [3.05, 3.63) is 35.4 Å². The Morgan fingerprint density at radius 3 is 2.00 bits per heavy atom. The Balaban J connectivity index is 1.70. The van der Waals surface area contributed by atoms with Crippen LogP contribution in [0.4, 0.5) is 0 Å². The third kappa shape index (κ3) is 2.02. The van der Waals surface area contributed by atoms with Crippen molar-refractivity contribution < 1.29 is 19.1 Å². The van der Waals surface area contributed by atoms with Gasteiger partial charge in [0.25, 0.3) is 0 Å². The number of ether oxygens (including phenoxy) is 2. The summed E-state index contributed by atoms with van der Waals surface area (Å²) in [6, 6.07) is 8.41. The third-order valence-corrected chi connectivity index (χ3v) is 7.99. The molecule has 0 amide bonds. The average Bonchev–Trinajstić information content (AvgIpc) is 3.41. The van der Waals surface area contributed by atoms with Crippen molar-refractivity contribution >= 4 is 11.9 Å². The van der Waals surface area contributed by atoms with Gasteiger partial charge in [0.05, 0.1) is 0 Å². The van der Waals surface area contributed by atoms with Crippen molar-refractivity contribution in [2.24, 2.45) is 10.8 Å². The van der Waals surface area contributed by atoms with Crippen LogP contribution in [0, 0.1) is 10.8 Å². The number of carbonyl (C=O) groups is 2. The fraction of sp³-hybridized carbons (Fsp3) is 0.667. The van der Waals surface area contributed by atoms with Crippen LogP contribution in [0.15, 0.2) is 24.3 Å². The molecule has 4 fully saturated rings. The average molecular weight is 383 g/mol. The Hall–Kier alpha value is -1.84. The second-order valence-electron chi connectivity index (χ2n) is 10.4. The summed E-state index contributed by atoms with van der Waals surface area (Å²) in [6.07, 6.45) is 6.48. The predicted octanol–water partition coefficient (Wildman–Crippen LogP) is 4.78. The first-order valence-corrected chi connectivity index (χ1v) is 10.8. The van der Waals surface area contributed by atoms with Crippen LogP contribution in [0.3, 0.4) is 0 Å². The summed E-state index contributed by atoms with van der Waals surface area (Å²) < 4.78 is 12.4. The third-order valence-electron chi connectivity index (χ3n) is 7.99. The van der Waals surface area contributed by atoms with E-state index < -0.39 is 22.5 Å². The summed E-state index contributed by atoms with van der Waals surface area (Å²) in [6.45, 7) is 6.56. The molecule has 0 unspecified atom stereocenters. The van der Waals surface area contributed by atoms with Crippen molar-refractivity contribution in [2.75, 3.05) is 0 Å². The zero-order valence-electron chi connectivity index (χ0n) is 17.2. The molecular formula is C24H30O4. The molecule has 28 heavy (non-hydrogen) atoms. The summed E-state index contributed by atoms with van der Waals surface area (Å²) in [5.74, 6) is -0.289. The highest BCUT2D eigenvalue weighted by Gasteiger charge is 2.81. The van der Waals surface area contributed by atoms with Gasteiger partial charge in [0.15, 0.2) is 11.7 Å². The minimum Gasteiger partial charge on any atom is -0.456 e. The van der Waals surface area contributed by atoms with Gasteiger partial charge in [-0.3, -0.25) is 9.59 Å². The molecule has 4 aliphatic rings. The lowest BCUT2D eigenvalue weighted by atomic mass is 9.62. The van der Waals surface area contributed by atoms with Gasteiger partial charge in [0, 0.05) is 5.56 Å². The molecule has 2 atom stereocenters. The van der Waals surface area contributed by atoms with E-state index in [0.29, 0.717) is 0 Å². The summed E-state index contributed by atoms with van der Waals surface area (Å²) >= 11 is 0. The molecule has 0 aromatic heterocycles. The van der Waals surface area contributed by atoms with E-state index in [0.717, 1.165) is 56.9 Å². The molecule has 2 saturated heterocycles. The molecule has 2 saturated carbocycles. The Kier molecular flexibility index (Phi) is 3.65. The quantitative estimate of drug-likeness (QED) is 0.656. The zero-order valence-corrected chi connectivity index (χ0v) is 17.2. The van der Waals surface area contributed by atoms with E-state index >= 15 is 0 Å². The molecule has 4 heteroatoms. The first-order chi connectivity index (χ1) is 13.3. The van der Waals surface area contributed by atoms with Crippen LogP contribution >= 0.6 is 0 Å². The van der Waals surface area contributed by atoms with Gasteiger partial charge in [-0.2, -0.15) is 0 Å².